The Balaban J connectivity index is 2.01. The molecule has 0 aliphatic heterocycles. The Morgan fingerprint density at radius 3 is 2.43 bits per heavy atom. The number of hydrogen-bond donors (Lipinski definition) is 1. The van der Waals surface area contributed by atoms with Gasteiger partial charge in [-0.2, -0.15) is 4.98 Å². The molecule has 2 aromatic carbocycles. The van der Waals surface area contributed by atoms with E-state index in [9.17, 15) is 0 Å². The highest BCUT2D eigenvalue weighted by molar-refractivity contribution is 6.42. The van der Waals surface area contributed by atoms with Crippen molar-refractivity contribution in [2.75, 3.05) is 5.73 Å². The highest BCUT2D eigenvalue weighted by Gasteiger charge is 2.14. The molecule has 3 aromatic rings. The van der Waals surface area contributed by atoms with Gasteiger partial charge in [0.1, 0.15) is 0 Å². The number of halogens is 3. The minimum Gasteiger partial charge on any atom is -0.399 e. The third-order valence-electron chi connectivity index (χ3n) is 2.83. The zero-order valence-electron chi connectivity index (χ0n) is 10.5. The molecule has 1 heterocycles. The van der Waals surface area contributed by atoms with Crippen molar-refractivity contribution in [1.29, 1.82) is 0 Å². The number of rotatable bonds is 2. The Hall–Kier alpha value is -1.75. The van der Waals surface area contributed by atoms with Crippen LogP contribution in [0.3, 0.4) is 0 Å². The summed E-state index contributed by atoms with van der Waals surface area (Å²) in [5, 5.41) is 5.25. The van der Waals surface area contributed by atoms with Crippen LogP contribution in [0.15, 0.2) is 40.9 Å². The van der Waals surface area contributed by atoms with E-state index in [-0.39, 0.29) is 0 Å². The maximum Gasteiger partial charge on any atom is 0.259 e. The number of anilines is 1. The highest BCUT2D eigenvalue weighted by atomic mass is 35.5. The smallest absolute Gasteiger partial charge is 0.259 e. The molecule has 0 bridgehead atoms. The van der Waals surface area contributed by atoms with Gasteiger partial charge in [-0.05, 0) is 36.4 Å². The first-order valence-corrected chi connectivity index (χ1v) is 7.02. The maximum atomic E-state index is 6.12. The Morgan fingerprint density at radius 2 is 1.71 bits per heavy atom. The molecule has 0 radical (unpaired) electrons. The summed E-state index contributed by atoms with van der Waals surface area (Å²) in [6.07, 6.45) is 0. The molecule has 0 unspecified atom stereocenters. The molecule has 0 aliphatic rings. The van der Waals surface area contributed by atoms with Crippen molar-refractivity contribution in [2.45, 2.75) is 0 Å². The minimum absolute atomic E-state index is 0.307. The van der Waals surface area contributed by atoms with Gasteiger partial charge in [0.15, 0.2) is 0 Å². The Kier molecular flexibility index (Phi) is 3.76. The lowest BCUT2D eigenvalue weighted by molar-refractivity contribution is 0.432. The summed E-state index contributed by atoms with van der Waals surface area (Å²) in [7, 11) is 0. The predicted molar refractivity (Wildman–Crippen MR) is 84.6 cm³/mol. The predicted octanol–water partition coefficient (Wildman–Crippen LogP) is 4.95. The van der Waals surface area contributed by atoms with Gasteiger partial charge in [0.2, 0.25) is 5.82 Å². The van der Waals surface area contributed by atoms with Gasteiger partial charge in [-0.25, -0.2) is 0 Å². The molecule has 4 nitrogen and oxygen atoms in total. The molecule has 7 heteroatoms. The molecule has 0 saturated carbocycles. The summed E-state index contributed by atoms with van der Waals surface area (Å²) in [4.78, 5) is 4.31. The van der Waals surface area contributed by atoms with E-state index in [0.717, 1.165) is 0 Å². The number of benzene rings is 2. The van der Waals surface area contributed by atoms with Crippen molar-refractivity contribution < 1.29 is 4.52 Å². The van der Waals surface area contributed by atoms with E-state index in [0.29, 0.717) is 43.6 Å². The van der Waals surface area contributed by atoms with E-state index in [1.165, 1.54) is 0 Å². The summed E-state index contributed by atoms with van der Waals surface area (Å²) in [5.41, 5.74) is 7.53. The molecular weight excluding hydrogens is 333 g/mol. The van der Waals surface area contributed by atoms with Gasteiger partial charge in [0, 0.05) is 11.3 Å². The van der Waals surface area contributed by atoms with Crippen LogP contribution in [-0.4, -0.2) is 10.1 Å². The molecule has 21 heavy (non-hydrogen) atoms. The van der Waals surface area contributed by atoms with Gasteiger partial charge in [-0.15, -0.1) is 0 Å². The van der Waals surface area contributed by atoms with Crippen LogP contribution in [0.5, 0.6) is 0 Å². The lowest BCUT2D eigenvalue weighted by Crippen LogP contribution is -1.86. The lowest BCUT2D eigenvalue weighted by Gasteiger charge is -1.99. The van der Waals surface area contributed by atoms with Crippen LogP contribution in [-0.2, 0) is 0 Å². The molecule has 0 aliphatic carbocycles. The van der Waals surface area contributed by atoms with Crippen molar-refractivity contribution in [2.24, 2.45) is 0 Å². The lowest BCUT2D eigenvalue weighted by atomic mass is 10.2. The van der Waals surface area contributed by atoms with Crippen LogP contribution in [0, 0.1) is 0 Å². The first-order valence-electron chi connectivity index (χ1n) is 5.89. The van der Waals surface area contributed by atoms with E-state index in [4.69, 9.17) is 45.1 Å². The van der Waals surface area contributed by atoms with Crippen LogP contribution in [0.2, 0.25) is 15.1 Å². The largest absolute Gasteiger partial charge is 0.399 e. The number of hydrogen-bond acceptors (Lipinski definition) is 4. The van der Waals surface area contributed by atoms with E-state index in [2.05, 4.69) is 10.1 Å². The van der Waals surface area contributed by atoms with Gasteiger partial charge in [-0.3, -0.25) is 0 Å². The summed E-state index contributed by atoms with van der Waals surface area (Å²) < 4.78 is 5.23. The second-order valence-corrected chi connectivity index (χ2v) is 5.51. The average Bonchev–Trinajstić information content (AvgIpc) is 2.91. The van der Waals surface area contributed by atoms with Crippen LogP contribution < -0.4 is 5.73 Å². The standard InChI is InChI=1S/C14H8Cl3N3O/c15-10-4-1-7(5-12(10)17)13-19-14(21-20-13)9-3-2-8(18)6-11(9)16/h1-6H,18H2. The molecule has 3 rings (SSSR count). The molecule has 0 atom stereocenters. The molecule has 0 saturated heterocycles. The van der Waals surface area contributed by atoms with E-state index in [1.54, 1.807) is 36.4 Å². The molecule has 0 amide bonds. The monoisotopic (exact) mass is 339 g/mol. The molecule has 0 fully saturated rings. The quantitative estimate of drug-likeness (QED) is 0.671. The van der Waals surface area contributed by atoms with Crippen molar-refractivity contribution in [3.63, 3.8) is 0 Å². The minimum atomic E-state index is 0.307. The van der Waals surface area contributed by atoms with Crippen molar-refractivity contribution >= 4 is 40.5 Å². The SMILES string of the molecule is Nc1ccc(-c2nc(-c3ccc(Cl)c(Cl)c3)no2)c(Cl)c1. The summed E-state index contributed by atoms with van der Waals surface area (Å²) in [6, 6.07) is 10.2. The number of nitrogens with two attached hydrogens (primary N) is 1. The second-order valence-electron chi connectivity index (χ2n) is 4.29. The normalized spacial score (nSPS) is 10.8. The fourth-order valence-electron chi connectivity index (χ4n) is 1.79. The van der Waals surface area contributed by atoms with Gasteiger partial charge in [0.05, 0.1) is 20.6 Å². The van der Waals surface area contributed by atoms with Crippen molar-refractivity contribution in [1.82, 2.24) is 10.1 Å². The Labute approximate surface area is 135 Å². The van der Waals surface area contributed by atoms with E-state index in [1.807, 2.05) is 0 Å². The number of nitrogens with zero attached hydrogens (tertiary/aromatic N) is 2. The van der Waals surface area contributed by atoms with Crippen LogP contribution in [0.1, 0.15) is 0 Å². The molecular formula is C14H8Cl3N3O. The fraction of sp³-hybridized carbons (Fsp3) is 0. The van der Waals surface area contributed by atoms with Crippen molar-refractivity contribution in [3.05, 3.63) is 51.5 Å². The zero-order valence-corrected chi connectivity index (χ0v) is 12.7. The molecule has 2 N–H and O–H groups in total. The third kappa shape index (κ3) is 2.83. The van der Waals surface area contributed by atoms with Gasteiger partial charge >= 0.3 is 0 Å². The number of nitrogen functional groups attached to an aromatic ring is 1. The van der Waals surface area contributed by atoms with Gasteiger partial charge in [-0.1, -0.05) is 40.0 Å². The maximum absolute atomic E-state index is 6.12. The van der Waals surface area contributed by atoms with Gasteiger partial charge in [0.25, 0.3) is 5.89 Å². The number of aromatic nitrogens is 2. The third-order valence-corrected chi connectivity index (χ3v) is 3.88. The zero-order chi connectivity index (χ0) is 15.0. The average molecular weight is 341 g/mol. The second kappa shape index (κ2) is 5.56. The van der Waals surface area contributed by atoms with E-state index < -0.39 is 0 Å². The van der Waals surface area contributed by atoms with Gasteiger partial charge < -0.3 is 10.3 Å². The van der Waals surface area contributed by atoms with Crippen LogP contribution in [0.25, 0.3) is 22.8 Å². The molecule has 1 aromatic heterocycles. The van der Waals surface area contributed by atoms with E-state index >= 15 is 0 Å². The topological polar surface area (TPSA) is 64.9 Å². The van der Waals surface area contributed by atoms with Crippen molar-refractivity contribution in [3.8, 4) is 22.8 Å². The first-order chi connectivity index (χ1) is 10.0. The first kappa shape index (κ1) is 14.2. The molecule has 0 spiro atoms. The molecule has 106 valence electrons. The Morgan fingerprint density at radius 1 is 0.905 bits per heavy atom. The van der Waals surface area contributed by atoms with Crippen LogP contribution >= 0.6 is 34.8 Å². The summed E-state index contributed by atoms with van der Waals surface area (Å²) in [5.74, 6) is 0.706. The fourth-order valence-corrected chi connectivity index (χ4v) is 2.36. The van der Waals surface area contributed by atoms with Crippen LogP contribution in [0.4, 0.5) is 5.69 Å². The highest BCUT2D eigenvalue weighted by Crippen LogP contribution is 2.31. The Bertz CT molecular complexity index is 817. The summed E-state index contributed by atoms with van der Waals surface area (Å²) >= 11 is 18.0. The summed E-state index contributed by atoms with van der Waals surface area (Å²) in [6.45, 7) is 0.